The number of carbonyl (C=O) groups excluding carboxylic acids is 1. The molecule has 1 aliphatic heterocycles. The maximum absolute atomic E-state index is 12.0. The number of hydrogen-bond acceptors (Lipinski definition) is 6. The van der Waals surface area contributed by atoms with Crippen LogP contribution in [0.15, 0.2) is 29.8 Å². The molecule has 3 rings (SSSR count). The lowest BCUT2D eigenvalue weighted by atomic mass is 10.2. The van der Waals surface area contributed by atoms with Gasteiger partial charge in [-0.3, -0.25) is 9.69 Å². The van der Waals surface area contributed by atoms with E-state index in [1.54, 1.807) is 29.3 Å². The number of nitrogens with zero attached hydrogens (tertiary/aromatic N) is 3. The van der Waals surface area contributed by atoms with Crippen LogP contribution in [0.1, 0.15) is 10.9 Å². The van der Waals surface area contributed by atoms with Gasteiger partial charge in [0.05, 0.1) is 12.9 Å². The number of thioether (sulfide) groups is 1. The highest BCUT2D eigenvalue weighted by Gasteiger charge is 2.35. The van der Waals surface area contributed by atoms with Crippen LogP contribution in [0.2, 0.25) is 0 Å². The molecule has 1 amide bonds. The zero-order chi connectivity index (χ0) is 13.2. The molecule has 0 saturated carbocycles. The second kappa shape index (κ2) is 5.18. The van der Waals surface area contributed by atoms with Crippen molar-refractivity contribution in [3.8, 4) is 5.75 Å². The maximum atomic E-state index is 12.0. The van der Waals surface area contributed by atoms with E-state index >= 15 is 0 Å². The predicted octanol–water partition coefficient (Wildman–Crippen LogP) is 2.33. The number of aromatic nitrogens is 2. The number of amides is 1. The van der Waals surface area contributed by atoms with Gasteiger partial charge in [-0.15, -0.1) is 22.0 Å². The average Bonchev–Trinajstić information content (AvgIpc) is 3.08. The van der Waals surface area contributed by atoms with Crippen LogP contribution in [-0.2, 0) is 4.79 Å². The first-order valence-corrected chi connectivity index (χ1v) is 7.56. The van der Waals surface area contributed by atoms with Crippen molar-refractivity contribution >= 4 is 34.1 Å². The minimum absolute atomic E-state index is 0.0358. The first kappa shape index (κ1) is 12.4. The van der Waals surface area contributed by atoms with Gasteiger partial charge in [0, 0.05) is 0 Å². The third-order valence-corrected chi connectivity index (χ3v) is 4.72. The Labute approximate surface area is 118 Å². The Balaban J connectivity index is 1.92. The number of carbonyl (C=O) groups is 1. The predicted molar refractivity (Wildman–Crippen MR) is 75.6 cm³/mol. The van der Waals surface area contributed by atoms with E-state index in [2.05, 4.69) is 10.2 Å². The summed E-state index contributed by atoms with van der Waals surface area (Å²) in [5, 5.41) is 8.41. The second-order valence-corrected chi connectivity index (χ2v) is 5.80. The SMILES string of the molecule is COc1ccc([C@H]2SCC(=O)N2c2nncs2)cc1. The molecule has 19 heavy (non-hydrogen) atoms. The maximum Gasteiger partial charge on any atom is 0.240 e. The van der Waals surface area contributed by atoms with Gasteiger partial charge in [-0.05, 0) is 17.7 Å². The summed E-state index contributed by atoms with van der Waals surface area (Å²) in [5.74, 6) is 1.35. The van der Waals surface area contributed by atoms with Crippen molar-refractivity contribution < 1.29 is 9.53 Å². The van der Waals surface area contributed by atoms with E-state index in [1.807, 2.05) is 24.3 Å². The molecule has 1 aromatic heterocycles. The normalized spacial score (nSPS) is 18.9. The first-order valence-electron chi connectivity index (χ1n) is 5.63. The molecule has 0 aliphatic carbocycles. The molecule has 1 aliphatic rings. The molecule has 0 spiro atoms. The number of anilines is 1. The molecule has 5 nitrogen and oxygen atoms in total. The van der Waals surface area contributed by atoms with E-state index < -0.39 is 0 Å². The van der Waals surface area contributed by atoms with Crippen molar-refractivity contribution in [3.63, 3.8) is 0 Å². The number of methoxy groups -OCH3 is 1. The molecule has 1 aromatic carbocycles. The summed E-state index contributed by atoms with van der Waals surface area (Å²) in [4.78, 5) is 13.7. The lowest BCUT2D eigenvalue weighted by molar-refractivity contribution is -0.115. The van der Waals surface area contributed by atoms with Gasteiger partial charge in [-0.2, -0.15) is 0 Å². The fourth-order valence-electron chi connectivity index (χ4n) is 1.92. The third-order valence-electron chi connectivity index (χ3n) is 2.82. The number of ether oxygens (including phenoxy) is 1. The molecule has 98 valence electrons. The molecule has 1 saturated heterocycles. The number of benzene rings is 1. The molecule has 0 bridgehead atoms. The Hall–Kier alpha value is -1.60. The highest BCUT2D eigenvalue weighted by Crippen LogP contribution is 2.42. The molecular weight excluding hydrogens is 282 g/mol. The Morgan fingerprint density at radius 3 is 2.79 bits per heavy atom. The molecule has 2 heterocycles. The van der Waals surface area contributed by atoms with E-state index in [4.69, 9.17) is 4.74 Å². The smallest absolute Gasteiger partial charge is 0.240 e. The van der Waals surface area contributed by atoms with Crippen LogP contribution in [0.4, 0.5) is 5.13 Å². The van der Waals surface area contributed by atoms with Gasteiger partial charge in [0.25, 0.3) is 0 Å². The molecule has 1 fully saturated rings. The lowest BCUT2D eigenvalue weighted by Gasteiger charge is -2.21. The van der Waals surface area contributed by atoms with Gasteiger partial charge in [0.15, 0.2) is 0 Å². The Bertz CT molecular complexity index is 571. The summed E-state index contributed by atoms with van der Waals surface area (Å²) >= 11 is 2.97. The fraction of sp³-hybridized carbons (Fsp3) is 0.250. The largest absolute Gasteiger partial charge is 0.497 e. The second-order valence-electron chi connectivity index (χ2n) is 3.92. The monoisotopic (exact) mass is 293 g/mol. The van der Waals surface area contributed by atoms with E-state index in [0.29, 0.717) is 10.9 Å². The van der Waals surface area contributed by atoms with Crippen LogP contribution in [0, 0.1) is 0 Å². The van der Waals surface area contributed by atoms with E-state index in [-0.39, 0.29) is 11.3 Å². The van der Waals surface area contributed by atoms with Crippen LogP contribution in [-0.4, -0.2) is 29.0 Å². The highest BCUT2D eigenvalue weighted by atomic mass is 32.2. The van der Waals surface area contributed by atoms with Crippen LogP contribution in [0.25, 0.3) is 0 Å². The zero-order valence-corrected chi connectivity index (χ0v) is 11.8. The Kier molecular flexibility index (Phi) is 3.39. The molecular formula is C12H11N3O2S2. The van der Waals surface area contributed by atoms with Crippen LogP contribution < -0.4 is 9.64 Å². The van der Waals surface area contributed by atoms with Crippen LogP contribution >= 0.6 is 23.1 Å². The van der Waals surface area contributed by atoms with Crippen molar-refractivity contribution in [2.45, 2.75) is 5.37 Å². The van der Waals surface area contributed by atoms with Gasteiger partial charge in [-0.1, -0.05) is 23.5 Å². The summed E-state index contributed by atoms with van der Waals surface area (Å²) in [6.45, 7) is 0. The average molecular weight is 293 g/mol. The summed E-state index contributed by atoms with van der Waals surface area (Å²) in [6, 6.07) is 7.75. The minimum Gasteiger partial charge on any atom is -0.497 e. The van der Waals surface area contributed by atoms with E-state index in [0.717, 1.165) is 11.3 Å². The van der Waals surface area contributed by atoms with Crippen molar-refractivity contribution in [1.29, 1.82) is 0 Å². The van der Waals surface area contributed by atoms with Crippen molar-refractivity contribution in [2.24, 2.45) is 0 Å². The van der Waals surface area contributed by atoms with Gasteiger partial charge < -0.3 is 4.74 Å². The Morgan fingerprint density at radius 2 is 2.16 bits per heavy atom. The van der Waals surface area contributed by atoms with Gasteiger partial charge in [-0.25, -0.2) is 0 Å². The molecule has 0 radical (unpaired) electrons. The number of rotatable bonds is 3. The molecule has 0 unspecified atom stereocenters. The standard InChI is InChI=1S/C12H11N3O2S2/c1-17-9-4-2-8(3-5-9)11-15(10(16)6-18-11)12-14-13-7-19-12/h2-5,7,11H,6H2,1H3/t11-/m1/s1. The van der Waals surface area contributed by atoms with Gasteiger partial charge >= 0.3 is 0 Å². The first-order chi connectivity index (χ1) is 9.29. The summed E-state index contributed by atoms with van der Waals surface area (Å²) in [7, 11) is 1.64. The third kappa shape index (κ3) is 2.31. The van der Waals surface area contributed by atoms with Gasteiger partial charge in [0.1, 0.15) is 16.6 Å². The fourth-order valence-corrected chi connectivity index (χ4v) is 3.74. The topological polar surface area (TPSA) is 55.3 Å². The zero-order valence-electron chi connectivity index (χ0n) is 10.1. The molecule has 1 atom stereocenters. The van der Waals surface area contributed by atoms with E-state index in [1.165, 1.54) is 11.3 Å². The Morgan fingerprint density at radius 1 is 1.37 bits per heavy atom. The van der Waals surface area contributed by atoms with Crippen LogP contribution in [0.3, 0.4) is 0 Å². The highest BCUT2D eigenvalue weighted by molar-refractivity contribution is 8.00. The summed E-state index contributed by atoms with van der Waals surface area (Å²) in [6.07, 6.45) is 0. The minimum atomic E-state index is -0.0358. The van der Waals surface area contributed by atoms with E-state index in [9.17, 15) is 4.79 Å². The van der Waals surface area contributed by atoms with Crippen molar-refractivity contribution in [3.05, 3.63) is 35.3 Å². The molecule has 2 aromatic rings. The quantitative estimate of drug-likeness (QED) is 0.869. The van der Waals surface area contributed by atoms with Crippen molar-refractivity contribution in [1.82, 2.24) is 10.2 Å². The summed E-state index contributed by atoms with van der Waals surface area (Å²) < 4.78 is 5.14. The van der Waals surface area contributed by atoms with Crippen molar-refractivity contribution in [2.75, 3.05) is 17.8 Å². The summed E-state index contributed by atoms with van der Waals surface area (Å²) in [5.41, 5.74) is 2.70. The molecule has 7 heteroatoms. The number of hydrogen-bond donors (Lipinski definition) is 0. The lowest BCUT2D eigenvalue weighted by Crippen LogP contribution is -2.27. The van der Waals surface area contributed by atoms with Crippen LogP contribution in [0.5, 0.6) is 5.75 Å². The van der Waals surface area contributed by atoms with Gasteiger partial charge in [0.2, 0.25) is 11.0 Å². The molecule has 0 N–H and O–H groups in total.